The van der Waals surface area contributed by atoms with Crippen molar-refractivity contribution in [1.29, 1.82) is 0 Å². The second-order valence-electron chi connectivity index (χ2n) is 3.08. The number of hydrogen-bond acceptors (Lipinski definition) is 3. The predicted octanol–water partition coefficient (Wildman–Crippen LogP) is 3.03. The van der Waals surface area contributed by atoms with Crippen LogP contribution in [0.4, 0.5) is 13.2 Å². The summed E-state index contributed by atoms with van der Waals surface area (Å²) in [4.78, 5) is 14.5. The van der Waals surface area contributed by atoms with Gasteiger partial charge in [0.05, 0.1) is 17.5 Å². The highest BCUT2D eigenvalue weighted by atomic mass is 79.9. The van der Waals surface area contributed by atoms with E-state index >= 15 is 0 Å². The van der Waals surface area contributed by atoms with Gasteiger partial charge in [0.2, 0.25) is 0 Å². The molecule has 0 aromatic carbocycles. The van der Waals surface area contributed by atoms with Crippen LogP contribution in [0.2, 0.25) is 0 Å². The smallest absolute Gasteiger partial charge is 0.310 e. The van der Waals surface area contributed by atoms with Gasteiger partial charge in [0, 0.05) is 11.8 Å². The quantitative estimate of drug-likeness (QED) is 0.802. The highest BCUT2D eigenvalue weighted by molar-refractivity contribution is 9.10. The summed E-state index contributed by atoms with van der Waals surface area (Å²) in [6.45, 7) is 1.78. The summed E-state index contributed by atoms with van der Waals surface area (Å²) in [5.41, 5.74) is -0.769. The van der Waals surface area contributed by atoms with Gasteiger partial charge < -0.3 is 4.74 Å². The Balaban J connectivity index is 2.96. The highest BCUT2D eigenvalue weighted by Crippen LogP contribution is 2.29. The molecule has 0 spiro atoms. The van der Waals surface area contributed by atoms with Crippen LogP contribution in [0.15, 0.2) is 10.7 Å². The van der Waals surface area contributed by atoms with E-state index in [4.69, 9.17) is 0 Å². The van der Waals surface area contributed by atoms with E-state index in [1.54, 1.807) is 6.92 Å². The zero-order chi connectivity index (χ0) is 13.0. The summed E-state index contributed by atoms with van der Waals surface area (Å²) in [5, 5.41) is 0. The predicted molar refractivity (Wildman–Crippen MR) is 57.2 cm³/mol. The molecule has 1 heterocycles. The van der Waals surface area contributed by atoms with Crippen molar-refractivity contribution >= 4 is 21.9 Å². The molecule has 1 aromatic heterocycles. The van der Waals surface area contributed by atoms with Gasteiger partial charge in [-0.3, -0.25) is 9.78 Å². The lowest BCUT2D eigenvalue weighted by Crippen LogP contribution is -2.10. The third-order valence-corrected chi connectivity index (χ3v) is 2.66. The number of alkyl halides is 2. The van der Waals surface area contributed by atoms with Crippen LogP contribution in [-0.4, -0.2) is 17.6 Å². The van der Waals surface area contributed by atoms with E-state index in [9.17, 15) is 18.0 Å². The summed E-state index contributed by atoms with van der Waals surface area (Å²) < 4.78 is 42.5. The number of carbonyl (C=O) groups excluding carboxylic acids is 1. The van der Waals surface area contributed by atoms with Crippen LogP contribution in [0.1, 0.15) is 24.6 Å². The van der Waals surface area contributed by atoms with E-state index in [-0.39, 0.29) is 18.6 Å². The van der Waals surface area contributed by atoms with Crippen molar-refractivity contribution < 1.29 is 22.7 Å². The fraction of sp³-hybridized carbons (Fsp3) is 0.400. The standard InChI is InChI=1S/C10H9BrF3NO2/c1-2-17-6(16)3-5-4-15-9(10(13)14)7(11)8(5)12/h4,10H,2-3H2,1H3. The van der Waals surface area contributed by atoms with Gasteiger partial charge in [-0.15, -0.1) is 0 Å². The van der Waals surface area contributed by atoms with E-state index < -0.39 is 28.4 Å². The van der Waals surface area contributed by atoms with E-state index in [1.807, 2.05) is 0 Å². The molecule has 0 fully saturated rings. The first kappa shape index (κ1) is 14.0. The van der Waals surface area contributed by atoms with Crippen molar-refractivity contribution in [3.63, 3.8) is 0 Å². The number of aromatic nitrogens is 1. The molecule has 3 nitrogen and oxygen atoms in total. The van der Waals surface area contributed by atoms with Gasteiger partial charge in [0.25, 0.3) is 6.43 Å². The first-order chi connectivity index (χ1) is 7.97. The Morgan fingerprint density at radius 3 is 2.76 bits per heavy atom. The third-order valence-electron chi connectivity index (χ3n) is 1.91. The maximum Gasteiger partial charge on any atom is 0.310 e. The van der Waals surface area contributed by atoms with Gasteiger partial charge in [-0.1, -0.05) is 0 Å². The summed E-state index contributed by atoms with van der Waals surface area (Å²) in [6, 6.07) is 0. The first-order valence-corrected chi connectivity index (χ1v) is 5.53. The number of halogens is 4. The Kier molecular flexibility index (Phi) is 4.92. The molecule has 94 valence electrons. The molecule has 0 amide bonds. The molecule has 0 saturated carbocycles. The lowest BCUT2D eigenvalue weighted by molar-refractivity contribution is -0.142. The molecular formula is C10H9BrF3NO2. The van der Waals surface area contributed by atoms with Crippen LogP contribution in [0, 0.1) is 5.82 Å². The minimum Gasteiger partial charge on any atom is -0.466 e. The van der Waals surface area contributed by atoms with Gasteiger partial charge in [0.15, 0.2) is 0 Å². The largest absolute Gasteiger partial charge is 0.466 e. The van der Waals surface area contributed by atoms with Crippen LogP contribution in [0.25, 0.3) is 0 Å². The lowest BCUT2D eigenvalue weighted by atomic mass is 10.2. The Labute approximate surface area is 104 Å². The number of hydrogen-bond donors (Lipinski definition) is 0. The molecule has 0 N–H and O–H groups in total. The molecule has 0 radical (unpaired) electrons. The molecule has 7 heteroatoms. The molecule has 1 rings (SSSR count). The van der Waals surface area contributed by atoms with Crippen LogP contribution in [0.3, 0.4) is 0 Å². The zero-order valence-electron chi connectivity index (χ0n) is 8.84. The highest BCUT2D eigenvalue weighted by Gasteiger charge is 2.20. The Hall–Kier alpha value is -1.11. The molecule has 0 bridgehead atoms. The van der Waals surface area contributed by atoms with Crippen LogP contribution >= 0.6 is 15.9 Å². The molecule has 0 saturated heterocycles. The number of esters is 1. The maximum atomic E-state index is 13.6. The normalized spacial score (nSPS) is 10.7. The Morgan fingerprint density at radius 1 is 1.59 bits per heavy atom. The van der Waals surface area contributed by atoms with Crippen LogP contribution in [0.5, 0.6) is 0 Å². The Morgan fingerprint density at radius 2 is 2.24 bits per heavy atom. The van der Waals surface area contributed by atoms with E-state index in [0.29, 0.717) is 0 Å². The average molecular weight is 312 g/mol. The number of rotatable bonds is 4. The lowest BCUT2D eigenvalue weighted by Gasteiger charge is -2.07. The maximum absolute atomic E-state index is 13.6. The van der Waals surface area contributed by atoms with Crippen molar-refractivity contribution in [2.75, 3.05) is 6.61 Å². The fourth-order valence-electron chi connectivity index (χ4n) is 1.16. The average Bonchev–Trinajstić information content (AvgIpc) is 2.25. The van der Waals surface area contributed by atoms with E-state index in [2.05, 4.69) is 25.7 Å². The molecular weight excluding hydrogens is 303 g/mol. The molecule has 0 aliphatic carbocycles. The third kappa shape index (κ3) is 3.42. The number of nitrogens with zero attached hydrogens (tertiary/aromatic N) is 1. The molecule has 1 aromatic rings. The molecule has 0 unspecified atom stereocenters. The van der Waals surface area contributed by atoms with Crippen molar-refractivity contribution in [1.82, 2.24) is 4.98 Å². The van der Waals surface area contributed by atoms with Gasteiger partial charge in [-0.2, -0.15) is 0 Å². The number of pyridine rings is 1. The summed E-state index contributed by atoms with van der Waals surface area (Å²) in [7, 11) is 0. The zero-order valence-corrected chi connectivity index (χ0v) is 10.4. The van der Waals surface area contributed by atoms with Gasteiger partial charge >= 0.3 is 5.97 Å². The number of ether oxygens (including phenoxy) is 1. The van der Waals surface area contributed by atoms with Crippen molar-refractivity contribution in [2.24, 2.45) is 0 Å². The van der Waals surface area contributed by atoms with Crippen molar-refractivity contribution in [2.45, 2.75) is 19.8 Å². The van der Waals surface area contributed by atoms with Gasteiger partial charge in [0.1, 0.15) is 11.5 Å². The topological polar surface area (TPSA) is 39.2 Å². The molecule has 17 heavy (non-hydrogen) atoms. The van der Waals surface area contributed by atoms with E-state index in [1.165, 1.54) is 0 Å². The summed E-state index contributed by atoms with van der Waals surface area (Å²) in [6.07, 6.45) is -2.30. The van der Waals surface area contributed by atoms with E-state index in [0.717, 1.165) is 6.20 Å². The minimum atomic E-state index is -2.88. The van der Waals surface area contributed by atoms with Crippen molar-refractivity contribution in [3.05, 3.63) is 27.7 Å². The van der Waals surface area contributed by atoms with Gasteiger partial charge in [-0.25, -0.2) is 13.2 Å². The SMILES string of the molecule is CCOC(=O)Cc1cnc(C(F)F)c(Br)c1F. The monoisotopic (exact) mass is 311 g/mol. The molecule has 0 aliphatic heterocycles. The molecule has 0 atom stereocenters. The summed E-state index contributed by atoms with van der Waals surface area (Å²) >= 11 is 2.69. The Bertz CT molecular complexity index is 426. The van der Waals surface area contributed by atoms with Crippen LogP contribution in [-0.2, 0) is 16.0 Å². The number of carbonyl (C=O) groups is 1. The molecule has 0 aliphatic rings. The summed E-state index contributed by atoms with van der Waals surface area (Å²) in [5.74, 6) is -1.55. The van der Waals surface area contributed by atoms with Gasteiger partial charge in [-0.05, 0) is 22.9 Å². The van der Waals surface area contributed by atoms with Crippen LogP contribution < -0.4 is 0 Å². The fourth-order valence-corrected chi connectivity index (χ4v) is 1.69. The van der Waals surface area contributed by atoms with Crippen molar-refractivity contribution in [3.8, 4) is 0 Å². The minimum absolute atomic E-state index is 0.0836. The second-order valence-corrected chi connectivity index (χ2v) is 3.87. The second kappa shape index (κ2) is 6.00. The first-order valence-electron chi connectivity index (χ1n) is 4.73.